The molecule has 5 atom stereocenters. The summed E-state index contributed by atoms with van der Waals surface area (Å²) in [4.78, 5) is 11.4. The molecule has 0 amide bonds. The number of phenolic OH excluding ortho intramolecular Hbond substituents is 1. The number of aryl methyl sites for hydroxylation is 1. The van der Waals surface area contributed by atoms with Crippen LogP contribution in [0.5, 0.6) is 5.75 Å². The summed E-state index contributed by atoms with van der Waals surface area (Å²) in [7, 11) is 0. The number of carbonyl (C=O) groups is 1. The lowest BCUT2D eigenvalue weighted by molar-refractivity contribution is -0.154. The second-order valence-electron chi connectivity index (χ2n) is 8.02. The van der Waals surface area contributed by atoms with Gasteiger partial charge >= 0.3 is 5.97 Å². The van der Waals surface area contributed by atoms with Crippen molar-refractivity contribution in [3.05, 3.63) is 29.3 Å². The summed E-state index contributed by atoms with van der Waals surface area (Å²) in [5, 5.41) is 9.75. The van der Waals surface area contributed by atoms with Crippen LogP contribution < -0.4 is 0 Å². The van der Waals surface area contributed by atoms with Crippen LogP contribution in [0.15, 0.2) is 18.2 Å². The van der Waals surface area contributed by atoms with E-state index < -0.39 is 0 Å². The van der Waals surface area contributed by atoms with Gasteiger partial charge in [-0.05, 0) is 79.5 Å². The fraction of sp³-hybridized carbons (Fsp3) is 0.650. The third kappa shape index (κ3) is 2.28. The predicted molar refractivity (Wildman–Crippen MR) is 88.3 cm³/mol. The first kappa shape index (κ1) is 15.0. The van der Waals surface area contributed by atoms with Gasteiger partial charge in [-0.2, -0.15) is 0 Å². The number of phenols is 1. The fourth-order valence-electron chi connectivity index (χ4n) is 5.91. The summed E-state index contributed by atoms with van der Waals surface area (Å²) in [6.07, 6.45) is 6.89. The minimum absolute atomic E-state index is 0.104. The zero-order valence-electron chi connectivity index (χ0n) is 14.0. The molecule has 0 radical (unpaired) electrons. The van der Waals surface area contributed by atoms with E-state index in [4.69, 9.17) is 4.74 Å². The molecule has 0 saturated heterocycles. The van der Waals surface area contributed by atoms with Gasteiger partial charge in [0.25, 0.3) is 0 Å². The Morgan fingerprint density at radius 3 is 2.87 bits per heavy atom. The van der Waals surface area contributed by atoms with Crippen molar-refractivity contribution < 1.29 is 14.6 Å². The quantitative estimate of drug-likeness (QED) is 0.791. The first-order chi connectivity index (χ1) is 11.0. The van der Waals surface area contributed by atoms with Crippen LogP contribution in [0.1, 0.15) is 63.0 Å². The van der Waals surface area contributed by atoms with Crippen molar-refractivity contribution in [2.45, 2.75) is 64.4 Å². The molecule has 1 N–H and O–H groups in total. The van der Waals surface area contributed by atoms with Crippen LogP contribution in [0.3, 0.4) is 0 Å². The molecule has 0 heterocycles. The number of rotatable bonds is 1. The molecule has 3 aliphatic rings. The molecule has 0 aliphatic heterocycles. The maximum atomic E-state index is 11.4. The van der Waals surface area contributed by atoms with Crippen molar-refractivity contribution in [1.29, 1.82) is 0 Å². The molecular formula is C20H26O3. The monoisotopic (exact) mass is 314 g/mol. The SMILES string of the molecule is CC(=O)O[C@H]1CCC2C3CCc4cc(O)ccc4C3CCC21C. The van der Waals surface area contributed by atoms with Gasteiger partial charge in [-0.15, -0.1) is 0 Å². The minimum Gasteiger partial charge on any atom is -0.508 e. The van der Waals surface area contributed by atoms with Gasteiger partial charge in [0, 0.05) is 12.3 Å². The molecule has 2 saturated carbocycles. The van der Waals surface area contributed by atoms with E-state index in [9.17, 15) is 9.90 Å². The van der Waals surface area contributed by atoms with Gasteiger partial charge in [0.05, 0.1) is 0 Å². The Hall–Kier alpha value is -1.51. The molecule has 1 aromatic carbocycles. The van der Waals surface area contributed by atoms with E-state index in [2.05, 4.69) is 13.0 Å². The van der Waals surface area contributed by atoms with Gasteiger partial charge in [-0.25, -0.2) is 0 Å². The normalized spacial score (nSPS) is 38.3. The Balaban J connectivity index is 1.63. The van der Waals surface area contributed by atoms with Crippen molar-refractivity contribution >= 4 is 5.97 Å². The van der Waals surface area contributed by atoms with Crippen LogP contribution in [0.2, 0.25) is 0 Å². The van der Waals surface area contributed by atoms with Gasteiger partial charge in [0.1, 0.15) is 11.9 Å². The van der Waals surface area contributed by atoms with E-state index in [0.717, 1.165) is 19.3 Å². The highest BCUT2D eigenvalue weighted by molar-refractivity contribution is 5.66. The van der Waals surface area contributed by atoms with E-state index in [1.807, 2.05) is 12.1 Å². The maximum Gasteiger partial charge on any atom is 0.302 e. The summed E-state index contributed by atoms with van der Waals surface area (Å²) in [6.45, 7) is 3.88. The maximum absolute atomic E-state index is 11.4. The summed E-state index contributed by atoms with van der Waals surface area (Å²) in [6, 6.07) is 5.93. The zero-order valence-corrected chi connectivity index (χ0v) is 14.0. The highest BCUT2D eigenvalue weighted by Gasteiger charge is 2.56. The second kappa shape index (κ2) is 5.25. The molecule has 0 aromatic heterocycles. The van der Waals surface area contributed by atoms with Crippen LogP contribution in [-0.2, 0) is 16.0 Å². The van der Waals surface area contributed by atoms with Gasteiger partial charge in [-0.3, -0.25) is 4.79 Å². The molecule has 0 bridgehead atoms. The van der Waals surface area contributed by atoms with Crippen molar-refractivity contribution in [2.75, 3.05) is 0 Å². The molecule has 23 heavy (non-hydrogen) atoms. The molecule has 2 fully saturated rings. The van der Waals surface area contributed by atoms with E-state index in [1.54, 1.807) is 0 Å². The molecular weight excluding hydrogens is 288 g/mol. The largest absolute Gasteiger partial charge is 0.508 e. The smallest absolute Gasteiger partial charge is 0.302 e. The average molecular weight is 314 g/mol. The Kier molecular flexibility index (Phi) is 3.44. The molecule has 4 rings (SSSR count). The predicted octanol–water partition coefficient (Wildman–Crippen LogP) is 4.18. The van der Waals surface area contributed by atoms with Gasteiger partial charge in [0.2, 0.25) is 0 Å². The number of carbonyl (C=O) groups excluding carboxylic acids is 1. The van der Waals surface area contributed by atoms with E-state index in [-0.39, 0.29) is 17.5 Å². The number of aromatic hydroxyl groups is 1. The molecule has 3 aliphatic carbocycles. The Bertz CT molecular complexity index is 638. The number of hydrogen-bond acceptors (Lipinski definition) is 3. The molecule has 4 unspecified atom stereocenters. The Labute approximate surface area is 138 Å². The summed E-state index contributed by atoms with van der Waals surface area (Å²) in [5.41, 5.74) is 2.95. The van der Waals surface area contributed by atoms with E-state index >= 15 is 0 Å². The summed E-state index contributed by atoms with van der Waals surface area (Å²) >= 11 is 0. The summed E-state index contributed by atoms with van der Waals surface area (Å²) in [5.74, 6) is 2.23. The first-order valence-corrected chi connectivity index (χ1v) is 8.98. The molecule has 1 aromatic rings. The Morgan fingerprint density at radius 1 is 1.26 bits per heavy atom. The van der Waals surface area contributed by atoms with Gasteiger partial charge in [0.15, 0.2) is 0 Å². The molecule has 0 spiro atoms. The zero-order chi connectivity index (χ0) is 16.2. The topological polar surface area (TPSA) is 46.5 Å². The average Bonchev–Trinajstić information content (AvgIpc) is 2.83. The lowest BCUT2D eigenvalue weighted by Crippen LogP contribution is -2.45. The standard InChI is InChI=1S/C20H26O3/c1-12(21)23-19-8-7-18-17-5-3-13-11-14(22)4-6-15(13)16(17)9-10-20(18,19)2/h4,6,11,16-19,22H,3,5,7-10H2,1-2H3/t16?,17?,18?,19-,20?/m0/s1. The third-order valence-corrected chi connectivity index (χ3v) is 6.93. The lowest BCUT2D eigenvalue weighted by Gasteiger charge is -2.50. The van der Waals surface area contributed by atoms with E-state index in [0.29, 0.717) is 23.5 Å². The molecule has 3 heteroatoms. The van der Waals surface area contributed by atoms with Crippen molar-refractivity contribution in [2.24, 2.45) is 17.3 Å². The van der Waals surface area contributed by atoms with Crippen LogP contribution in [0.25, 0.3) is 0 Å². The Morgan fingerprint density at radius 2 is 2.09 bits per heavy atom. The second-order valence-corrected chi connectivity index (χ2v) is 8.02. The first-order valence-electron chi connectivity index (χ1n) is 8.98. The number of esters is 1. The van der Waals surface area contributed by atoms with E-state index in [1.165, 1.54) is 37.3 Å². The lowest BCUT2D eigenvalue weighted by atomic mass is 9.55. The highest BCUT2D eigenvalue weighted by Crippen LogP contribution is 2.61. The number of fused-ring (bicyclic) bond motifs is 5. The fourth-order valence-corrected chi connectivity index (χ4v) is 5.91. The van der Waals surface area contributed by atoms with Gasteiger partial charge in [-0.1, -0.05) is 13.0 Å². The van der Waals surface area contributed by atoms with Crippen LogP contribution in [0, 0.1) is 17.3 Å². The molecule has 124 valence electrons. The number of benzene rings is 1. The number of ether oxygens (including phenoxy) is 1. The van der Waals surface area contributed by atoms with Crippen molar-refractivity contribution in [3.8, 4) is 5.75 Å². The van der Waals surface area contributed by atoms with Crippen LogP contribution >= 0.6 is 0 Å². The van der Waals surface area contributed by atoms with Crippen molar-refractivity contribution in [1.82, 2.24) is 0 Å². The highest BCUT2D eigenvalue weighted by atomic mass is 16.5. The summed E-state index contributed by atoms with van der Waals surface area (Å²) < 4.78 is 5.68. The van der Waals surface area contributed by atoms with Crippen molar-refractivity contribution in [3.63, 3.8) is 0 Å². The third-order valence-electron chi connectivity index (χ3n) is 6.93. The molecule has 3 nitrogen and oxygen atoms in total. The minimum atomic E-state index is -0.136. The van der Waals surface area contributed by atoms with Crippen LogP contribution in [0.4, 0.5) is 0 Å². The van der Waals surface area contributed by atoms with Crippen LogP contribution in [-0.4, -0.2) is 17.2 Å². The van der Waals surface area contributed by atoms with Gasteiger partial charge < -0.3 is 9.84 Å². The number of hydrogen-bond donors (Lipinski definition) is 1.